The van der Waals surface area contributed by atoms with Crippen molar-refractivity contribution in [2.24, 2.45) is 0 Å². The van der Waals surface area contributed by atoms with E-state index in [1.807, 2.05) is 49.9 Å². The number of carbonyl (C=O) groups excluding carboxylic acids is 2. The van der Waals surface area contributed by atoms with Crippen molar-refractivity contribution in [3.05, 3.63) is 34.9 Å². The zero-order chi connectivity index (χ0) is 19.1. The lowest BCUT2D eigenvalue weighted by atomic mass is 10.1. The molecule has 0 radical (unpaired) electrons. The van der Waals surface area contributed by atoms with Gasteiger partial charge in [-0.1, -0.05) is 29.8 Å². The van der Waals surface area contributed by atoms with Crippen molar-refractivity contribution < 1.29 is 9.59 Å². The van der Waals surface area contributed by atoms with Crippen LogP contribution in [-0.4, -0.2) is 66.9 Å². The third-order valence-corrected chi connectivity index (χ3v) is 4.82. The first-order chi connectivity index (χ1) is 12.4. The van der Waals surface area contributed by atoms with E-state index in [0.29, 0.717) is 24.7 Å². The third kappa shape index (κ3) is 6.27. The Morgan fingerprint density at radius 3 is 2.38 bits per heavy atom. The van der Waals surface area contributed by atoms with E-state index in [0.717, 1.165) is 18.7 Å². The molecule has 2 rings (SSSR count). The summed E-state index contributed by atoms with van der Waals surface area (Å²) in [6, 6.07) is 7.81. The van der Waals surface area contributed by atoms with E-state index >= 15 is 0 Å². The SMILES string of the molecule is CC(C)NC(=O)CN1CCN(C(=O)CN[C@H](C)c2ccccc2Cl)CC1. The number of carbonyl (C=O) groups is 2. The molecule has 1 fully saturated rings. The average Bonchev–Trinajstić information content (AvgIpc) is 2.59. The van der Waals surface area contributed by atoms with Crippen LogP contribution in [-0.2, 0) is 9.59 Å². The maximum Gasteiger partial charge on any atom is 0.236 e. The summed E-state index contributed by atoms with van der Waals surface area (Å²) in [6.07, 6.45) is 0. The Morgan fingerprint density at radius 2 is 1.77 bits per heavy atom. The molecule has 0 saturated carbocycles. The smallest absolute Gasteiger partial charge is 0.236 e. The summed E-state index contributed by atoms with van der Waals surface area (Å²) in [5.74, 6) is 0.116. The molecule has 1 aromatic rings. The zero-order valence-corrected chi connectivity index (χ0v) is 16.6. The molecule has 6 nitrogen and oxygen atoms in total. The number of halogens is 1. The summed E-state index contributed by atoms with van der Waals surface area (Å²) in [5, 5.41) is 6.85. The van der Waals surface area contributed by atoms with E-state index in [4.69, 9.17) is 11.6 Å². The van der Waals surface area contributed by atoms with Gasteiger partial charge in [0.1, 0.15) is 0 Å². The van der Waals surface area contributed by atoms with Crippen LogP contribution in [0.25, 0.3) is 0 Å². The van der Waals surface area contributed by atoms with Crippen LogP contribution in [0.15, 0.2) is 24.3 Å². The van der Waals surface area contributed by atoms with Crippen LogP contribution >= 0.6 is 11.6 Å². The number of nitrogens with zero attached hydrogens (tertiary/aromatic N) is 2. The first-order valence-corrected chi connectivity index (χ1v) is 9.52. The van der Waals surface area contributed by atoms with Crippen LogP contribution in [0.1, 0.15) is 32.4 Å². The first kappa shape index (κ1) is 20.7. The Balaban J connectivity index is 1.73. The van der Waals surface area contributed by atoms with Gasteiger partial charge in [0.05, 0.1) is 13.1 Å². The molecule has 144 valence electrons. The maximum atomic E-state index is 12.4. The van der Waals surface area contributed by atoms with Crippen molar-refractivity contribution in [2.45, 2.75) is 32.9 Å². The Morgan fingerprint density at radius 1 is 1.12 bits per heavy atom. The summed E-state index contributed by atoms with van der Waals surface area (Å²) in [6.45, 7) is 9.30. The normalized spacial score (nSPS) is 16.6. The molecule has 7 heteroatoms. The van der Waals surface area contributed by atoms with E-state index in [1.54, 1.807) is 0 Å². The number of hydrogen-bond donors (Lipinski definition) is 2. The van der Waals surface area contributed by atoms with Crippen LogP contribution in [0, 0.1) is 0 Å². The molecule has 0 aromatic heterocycles. The van der Waals surface area contributed by atoms with Gasteiger partial charge in [-0.25, -0.2) is 0 Å². The van der Waals surface area contributed by atoms with Crippen molar-refractivity contribution in [3.8, 4) is 0 Å². The minimum Gasteiger partial charge on any atom is -0.353 e. The summed E-state index contributed by atoms with van der Waals surface area (Å²) in [4.78, 5) is 28.2. The summed E-state index contributed by atoms with van der Waals surface area (Å²) < 4.78 is 0. The molecule has 0 unspecified atom stereocenters. The second kappa shape index (κ2) is 9.90. The van der Waals surface area contributed by atoms with E-state index in [1.165, 1.54) is 0 Å². The molecule has 26 heavy (non-hydrogen) atoms. The van der Waals surface area contributed by atoms with Crippen LogP contribution < -0.4 is 10.6 Å². The zero-order valence-electron chi connectivity index (χ0n) is 15.8. The van der Waals surface area contributed by atoms with Crippen LogP contribution in [0.2, 0.25) is 5.02 Å². The van der Waals surface area contributed by atoms with Gasteiger partial charge in [0, 0.05) is 43.3 Å². The predicted octanol–water partition coefficient (Wildman–Crippen LogP) is 1.66. The van der Waals surface area contributed by atoms with Crippen molar-refractivity contribution in [3.63, 3.8) is 0 Å². The Labute approximate surface area is 160 Å². The fourth-order valence-corrected chi connectivity index (χ4v) is 3.31. The van der Waals surface area contributed by atoms with Crippen LogP contribution in [0.4, 0.5) is 0 Å². The molecule has 0 spiro atoms. The van der Waals surface area contributed by atoms with Crippen molar-refractivity contribution >= 4 is 23.4 Å². The highest BCUT2D eigenvalue weighted by atomic mass is 35.5. The highest BCUT2D eigenvalue weighted by Gasteiger charge is 2.22. The quantitative estimate of drug-likeness (QED) is 0.755. The average molecular weight is 381 g/mol. The molecule has 0 bridgehead atoms. The van der Waals surface area contributed by atoms with E-state index in [9.17, 15) is 9.59 Å². The fraction of sp³-hybridized carbons (Fsp3) is 0.579. The van der Waals surface area contributed by atoms with Crippen molar-refractivity contribution in [1.82, 2.24) is 20.4 Å². The van der Waals surface area contributed by atoms with Gasteiger partial charge in [0.2, 0.25) is 11.8 Å². The molecule has 1 atom stereocenters. The maximum absolute atomic E-state index is 12.4. The third-order valence-electron chi connectivity index (χ3n) is 4.47. The fourth-order valence-electron chi connectivity index (χ4n) is 3.01. The monoisotopic (exact) mass is 380 g/mol. The Kier molecular flexibility index (Phi) is 7.87. The molecule has 1 aliphatic rings. The molecule has 1 heterocycles. The second-order valence-electron chi connectivity index (χ2n) is 7.00. The minimum atomic E-state index is 0.00803. The molecule has 2 N–H and O–H groups in total. The van der Waals surface area contributed by atoms with Gasteiger partial charge in [-0.15, -0.1) is 0 Å². The standard InChI is InChI=1S/C19H29ClN4O2/c1-14(2)22-18(25)13-23-8-10-24(11-9-23)19(26)12-21-15(3)16-6-4-5-7-17(16)20/h4-7,14-15,21H,8-13H2,1-3H3,(H,22,25)/t15-/m1/s1. The van der Waals surface area contributed by atoms with E-state index < -0.39 is 0 Å². The highest BCUT2D eigenvalue weighted by Crippen LogP contribution is 2.21. The lowest BCUT2D eigenvalue weighted by Crippen LogP contribution is -2.53. The number of hydrogen-bond acceptors (Lipinski definition) is 4. The van der Waals surface area contributed by atoms with Crippen molar-refractivity contribution in [2.75, 3.05) is 39.3 Å². The summed E-state index contributed by atoms with van der Waals surface area (Å²) in [5.41, 5.74) is 0.989. The first-order valence-electron chi connectivity index (χ1n) is 9.14. The van der Waals surface area contributed by atoms with Crippen LogP contribution in [0.5, 0.6) is 0 Å². The van der Waals surface area contributed by atoms with E-state index in [-0.39, 0.29) is 30.4 Å². The topological polar surface area (TPSA) is 64.7 Å². The Hall–Kier alpha value is -1.63. The van der Waals surface area contributed by atoms with Gasteiger partial charge in [-0.05, 0) is 32.4 Å². The number of nitrogens with one attached hydrogen (secondary N) is 2. The highest BCUT2D eigenvalue weighted by molar-refractivity contribution is 6.31. The van der Waals surface area contributed by atoms with Gasteiger partial charge < -0.3 is 15.5 Å². The Bertz CT molecular complexity index is 615. The second-order valence-corrected chi connectivity index (χ2v) is 7.41. The van der Waals surface area contributed by atoms with Gasteiger partial charge in [0.15, 0.2) is 0 Å². The number of benzene rings is 1. The number of rotatable bonds is 7. The number of piperazine rings is 1. The largest absolute Gasteiger partial charge is 0.353 e. The molecule has 1 saturated heterocycles. The van der Waals surface area contributed by atoms with Crippen LogP contribution in [0.3, 0.4) is 0 Å². The van der Waals surface area contributed by atoms with Gasteiger partial charge in [0.25, 0.3) is 0 Å². The molecular formula is C19H29ClN4O2. The summed E-state index contributed by atoms with van der Waals surface area (Å²) in [7, 11) is 0. The van der Waals surface area contributed by atoms with Gasteiger partial charge in [-0.2, -0.15) is 0 Å². The summed E-state index contributed by atoms with van der Waals surface area (Å²) >= 11 is 6.20. The molecule has 1 aromatic carbocycles. The minimum absolute atomic E-state index is 0.00803. The van der Waals surface area contributed by atoms with E-state index in [2.05, 4.69) is 15.5 Å². The molecule has 1 aliphatic heterocycles. The molecular weight excluding hydrogens is 352 g/mol. The lowest BCUT2D eigenvalue weighted by molar-refractivity contribution is -0.132. The molecule has 2 amide bonds. The van der Waals surface area contributed by atoms with Gasteiger partial charge in [-0.3, -0.25) is 14.5 Å². The van der Waals surface area contributed by atoms with Crippen molar-refractivity contribution in [1.29, 1.82) is 0 Å². The molecule has 0 aliphatic carbocycles. The number of amides is 2. The lowest BCUT2D eigenvalue weighted by Gasteiger charge is -2.34. The van der Waals surface area contributed by atoms with Gasteiger partial charge >= 0.3 is 0 Å². The predicted molar refractivity (Wildman–Crippen MR) is 104 cm³/mol.